The maximum Gasteiger partial charge on any atom is 0.0994 e. The van der Waals surface area contributed by atoms with Crippen LogP contribution in [0.5, 0.6) is 0 Å². The zero-order chi connectivity index (χ0) is 32.3. The average Bonchev–Trinajstić information content (AvgIpc) is 3.18. The van der Waals surface area contributed by atoms with Crippen molar-refractivity contribution in [3.05, 3.63) is 176 Å². The van der Waals surface area contributed by atoms with E-state index in [-0.39, 0.29) is 0 Å². The van der Waals surface area contributed by atoms with E-state index in [4.69, 9.17) is 9.97 Å². The van der Waals surface area contributed by atoms with Crippen LogP contribution in [0.3, 0.4) is 0 Å². The van der Waals surface area contributed by atoms with Gasteiger partial charge in [-0.25, -0.2) is 9.97 Å². The summed E-state index contributed by atoms with van der Waals surface area (Å²) in [7, 11) is 0. The SMILES string of the molecule is c1ccc(-c2ccc(-c3nc4ccccc4nc3-c3ccccc3N3c4c(ccc5ccccc45)-c4cccc5cccc3c45)cc2)cc1. The molecule has 0 spiro atoms. The van der Waals surface area contributed by atoms with Crippen LogP contribution in [0.4, 0.5) is 17.1 Å². The summed E-state index contributed by atoms with van der Waals surface area (Å²) >= 11 is 0. The van der Waals surface area contributed by atoms with Crippen LogP contribution in [0.1, 0.15) is 0 Å². The van der Waals surface area contributed by atoms with Crippen LogP contribution in [-0.4, -0.2) is 9.97 Å². The van der Waals surface area contributed by atoms with Crippen LogP contribution in [0.2, 0.25) is 0 Å². The molecule has 9 aromatic rings. The minimum absolute atomic E-state index is 0.856. The fourth-order valence-corrected chi connectivity index (χ4v) is 7.53. The molecule has 0 fully saturated rings. The van der Waals surface area contributed by atoms with E-state index in [1.54, 1.807) is 0 Å². The first-order valence-corrected chi connectivity index (χ1v) is 16.7. The number of aromatic nitrogens is 2. The van der Waals surface area contributed by atoms with Crippen molar-refractivity contribution in [2.75, 3.05) is 4.90 Å². The number of rotatable bonds is 4. The molecule has 0 saturated heterocycles. The Morgan fingerprint density at radius 2 is 0.939 bits per heavy atom. The van der Waals surface area contributed by atoms with Crippen molar-refractivity contribution in [1.29, 1.82) is 0 Å². The monoisotopic (exact) mass is 623 g/mol. The minimum atomic E-state index is 0.856. The third-order valence-electron chi connectivity index (χ3n) is 9.77. The van der Waals surface area contributed by atoms with E-state index < -0.39 is 0 Å². The lowest BCUT2D eigenvalue weighted by Gasteiger charge is -2.35. The molecule has 0 saturated carbocycles. The van der Waals surface area contributed by atoms with Crippen LogP contribution in [0, 0.1) is 0 Å². The van der Waals surface area contributed by atoms with Gasteiger partial charge in [0.15, 0.2) is 0 Å². The predicted molar refractivity (Wildman–Crippen MR) is 205 cm³/mol. The van der Waals surface area contributed by atoms with Crippen molar-refractivity contribution in [2.24, 2.45) is 0 Å². The van der Waals surface area contributed by atoms with E-state index >= 15 is 0 Å². The first-order chi connectivity index (χ1) is 24.3. The van der Waals surface area contributed by atoms with E-state index in [2.05, 4.69) is 163 Å². The normalized spacial score (nSPS) is 12.0. The molecule has 0 atom stereocenters. The summed E-state index contributed by atoms with van der Waals surface area (Å²) in [6, 6.07) is 62.5. The van der Waals surface area contributed by atoms with Gasteiger partial charge in [-0.05, 0) is 51.7 Å². The Labute approximate surface area is 284 Å². The molecule has 0 aliphatic carbocycles. The Morgan fingerprint density at radius 3 is 1.78 bits per heavy atom. The molecule has 0 unspecified atom stereocenters. The van der Waals surface area contributed by atoms with Crippen LogP contribution in [0.25, 0.3) is 77.3 Å². The fourth-order valence-electron chi connectivity index (χ4n) is 7.53. The highest BCUT2D eigenvalue weighted by atomic mass is 15.2. The zero-order valence-corrected chi connectivity index (χ0v) is 26.6. The summed E-state index contributed by atoms with van der Waals surface area (Å²) < 4.78 is 0. The standard InChI is InChI=1S/C46H29N3/c1-2-12-30(13-3-1)31-24-26-34(27-25-31)44-45(48-40-21-8-7-20-39(40)47-44)38-18-6-9-22-41(38)49-42-23-11-16-33-15-10-19-36(43(33)42)37-29-28-32-14-4-5-17-35(32)46(37)49/h1-29H. The Bertz CT molecular complexity index is 2710. The molecular formula is C46H29N3. The highest BCUT2D eigenvalue weighted by Crippen LogP contribution is 2.55. The van der Waals surface area contributed by atoms with Crippen molar-refractivity contribution in [1.82, 2.24) is 9.97 Å². The molecule has 1 aromatic heterocycles. The second kappa shape index (κ2) is 11.0. The lowest BCUT2D eigenvalue weighted by molar-refractivity contribution is 1.26. The maximum absolute atomic E-state index is 5.38. The van der Waals surface area contributed by atoms with Crippen LogP contribution in [0.15, 0.2) is 176 Å². The molecule has 2 heterocycles. The van der Waals surface area contributed by atoms with E-state index in [1.807, 2.05) is 18.2 Å². The molecule has 3 nitrogen and oxygen atoms in total. The van der Waals surface area contributed by atoms with Gasteiger partial charge in [-0.2, -0.15) is 0 Å². The van der Waals surface area contributed by atoms with Gasteiger partial charge >= 0.3 is 0 Å². The molecule has 1 aliphatic heterocycles. The van der Waals surface area contributed by atoms with Crippen LogP contribution in [-0.2, 0) is 0 Å². The molecule has 228 valence electrons. The molecule has 3 heteroatoms. The lowest BCUT2D eigenvalue weighted by atomic mass is 9.88. The Morgan fingerprint density at radius 1 is 0.347 bits per heavy atom. The molecule has 8 aromatic carbocycles. The van der Waals surface area contributed by atoms with Gasteiger partial charge in [0.1, 0.15) is 0 Å². The molecule has 0 bridgehead atoms. The quantitative estimate of drug-likeness (QED) is 0.195. The maximum atomic E-state index is 5.38. The summed E-state index contributed by atoms with van der Waals surface area (Å²) in [5.41, 5.74) is 13.8. The minimum Gasteiger partial charge on any atom is -0.308 e. The van der Waals surface area contributed by atoms with Crippen LogP contribution < -0.4 is 4.90 Å². The van der Waals surface area contributed by atoms with Crippen molar-refractivity contribution in [2.45, 2.75) is 0 Å². The fraction of sp³-hybridized carbons (Fsp3) is 0. The summed E-state index contributed by atoms with van der Waals surface area (Å²) in [5, 5.41) is 4.90. The number of hydrogen-bond acceptors (Lipinski definition) is 3. The number of nitrogens with zero attached hydrogens (tertiary/aromatic N) is 3. The van der Waals surface area contributed by atoms with E-state index in [0.29, 0.717) is 0 Å². The van der Waals surface area contributed by atoms with Gasteiger partial charge in [-0.1, -0.05) is 152 Å². The predicted octanol–water partition coefficient (Wildman–Crippen LogP) is 12.4. The van der Waals surface area contributed by atoms with E-state index in [0.717, 1.165) is 44.9 Å². The van der Waals surface area contributed by atoms with Crippen molar-refractivity contribution >= 4 is 49.6 Å². The van der Waals surface area contributed by atoms with E-state index in [1.165, 1.54) is 49.5 Å². The third kappa shape index (κ3) is 4.37. The van der Waals surface area contributed by atoms with Gasteiger partial charge in [0.25, 0.3) is 0 Å². The third-order valence-corrected chi connectivity index (χ3v) is 9.77. The summed E-state index contributed by atoms with van der Waals surface area (Å²) in [6.07, 6.45) is 0. The number of benzene rings is 8. The molecule has 0 radical (unpaired) electrons. The van der Waals surface area contributed by atoms with Gasteiger partial charge in [0, 0.05) is 27.5 Å². The average molecular weight is 624 g/mol. The number of fused-ring (bicyclic) bond motifs is 5. The highest BCUT2D eigenvalue weighted by molar-refractivity contribution is 6.19. The molecule has 0 N–H and O–H groups in total. The second-order valence-corrected chi connectivity index (χ2v) is 12.6. The summed E-state index contributed by atoms with van der Waals surface area (Å²) in [4.78, 5) is 13.1. The molecular weight excluding hydrogens is 595 g/mol. The number of anilines is 3. The molecule has 10 rings (SSSR count). The summed E-state index contributed by atoms with van der Waals surface area (Å²) in [5.74, 6) is 0. The largest absolute Gasteiger partial charge is 0.308 e. The van der Waals surface area contributed by atoms with E-state index in [9.17, 15) is 0 Å². The molecule has 1 aliphatic rings. The molecule has 0 amide bonds. The zero-order valence-electron chi connectivity index (χ0n) is 26.6. The van der Waals surface area contributed by atoms with Crippen molar-refractivity contribution in [3.8, 4) is 44.8 Å². The van der Waals surface area contributed by atoms with Crippen molar-refractivity contribution < 1.29 is 0 Å². The Balaban J connectivity index is 1.25. The molecule has 49 heavy (non-hydrogen) atoms. The topological polar surface area (TPSA) is 29.0 Å². The number of para-hydroxylation sites is 3. The Hall–Kier alpha value is -6.58. The van der Waals surface area contributed by atoms with Gasteiger partial charge in [-0.3, -0.25) is 0 Å². The smallest absolute Gasteiger partial charge is 0.0994 e. The van der Waals surface area contributed by atoms with Gasteiger partial charge < -0.3 is 4.90 Å². The van der Waals surface area contributed by atoms with Gasteiger partial charge in [0.2, 0.25) is 0 Å². The summed E-state index contributed by atoms with van der Waals surface area (Å²) in [6.45, 7) is 0. The van der Waals surface area contributed by atoms with Crippen molar-refractivity contribution in [3.63, 3.8) is 0 Å². The Kier molecular flexibility index (Phi) is 6.18. The van der Waals surface area contributed by atoms with Gasteiger partial charge in [-0.15, -0.1) is 0 Å². The lowest BCUT2D eigenvalue weighted by Crippen LogP contribution is -2.16. The second-order valence-electron chi connectivity index (χ2n) is 12.6. The first kappa shape index (κ1) is 27.5. The highest BCUT2D eigenvalue weighted by Gasteiger charge is 2.30. The number of hydrogen-bond donors (Lipinski definition) is 0. The van der Waals surface area contributed by atoms with Crippen LogP contribution >= 0.6 is 0 Å². The first-order valence-electron chi connectivity index (χ1n) is 16.7. The van der Waals surface area contributed by atoms with Gasteiger partial charge in [0.05, 0.1) is 39.5 Å².